The second kappa shape index (κ2) is 2.66. The minimum atomic E-state index is 0.627. The zero-order valence-corrected chi connectivity index (χ0v) is 7.15. The number of aromatic nitrogens is 5. The molecule has 0 unspecified atom stereocenters. The van der Waals surface area contributed by atoms with Crippen LogP contribution in [0.1, 0.15) is 0 Å². The number of rotatable bonds is 1. The van der Waals surface area contributed by atoms with Gasteiger partial charge in [0, 0.05) is 10.9 Å². The van der Waals surface area contributed by atoms with Gasteiger partial charge in [-0.25, -0.2) is 5.10 Å². The van der Waals surface area contributed by atoms with Crippen molar-refractivity contribution in [2.24, 2.45) is 0 Å². The lowest BCUT2D eigenvalue weighted by molar-refractivity contribution is 0.881. The molecule has 3 aromatic rings. The molecule has 14 heavy (non-hydrogen) atoms. The van der Waals surface area contributed by atoms with Crippen molar-refractivity contribution >= 4 is 10.9 Å². The summed E-state index contributed by atoms with van der Waals surface area (Å²) in [5.74, 6) is 0.627. The number of hydrogen-bond acceptors (Lipinski definition) is 3. The zero-order chi connectivity index (χ0) is 9.38. The Kier molecular flexibility index (Phi) is 1.38. The number of benzene rings is 1. The summed E-state index contributed by atoms with van der Waals surface area (Å²) in [6, 6.07) is 7.92. The summed E-state index contributed by atoms with van der Waals surface area (Å²) in [5.41, 5.74) is 1.89. The van der Waals surface area contributed by atoms with Crippen LogP contribution < -0.4 is 0 Å². The minimum absolute atomic E-state index is 0.627. The summed E-state index contributed by atoms with van der Waals surface area (Å²) in [5, 5.41) is 14.7. The second-order valence-corrected chi connectivity index (χ2v) is 2.92. The maximum atomic E-state index is 3.84. The van der Waals surface area contributed by atoms with Gasteiger partial charge in [0.15, 0.2) is 5.82 Å². The minimum Gasteiger partial charge on any atom is -0.353 e. The van der Waals surface area contributed by atoms with Gasteiger partial charge in [-0.05, 0) is 16.5 Å². The zero-order valence-electron chi connectivity index (χ0n) is 7.15. The number of hydrogen-bond donors (Lipinski definition) is 2. The van der Waals surface area contributed by atoms with Gasteiger partial charge < -0.3 is 4.98 Å². The van der Waals surface area contributed by atoms with Crippen molar-refractivity contribution in [3.63, 3.8) is 0 Å². The van der Waals surface area contributed by atoms with E-state index in [1.807, 2.05) is 24.3 Å². The van der Waals surface area contributed by atoms with Crippen LogP contribution in [0.2, 0.25) is 0 Å². The van der Waals surface area contributed by atoms with Crippen LogP contribution in [-0.2, 0) is 0 Å². The smallest absolute Gasteiger partial charge is 0.182 e. The van der Waals surface area contributed by atoms with Crippen molar-refractivity contribution < 1.29 is 0 Å². The van der Waals surface area contributed by atoms with E-state index in [-0.39, 0.29) is 0 Å². The highest BCUT2D eigenvalue weighted by Gasteiger charge is 2.08. The van der Waals surface area contributed by atoms with Crippen molar-refractivity contribution in [3.8, 4) is 11.4 Å². The average molecular weight is 184 g/mol. The van der Waals surface area contributed by atoms with Crippen LogP contribution in [-0.4, -0.2) is 25.6 Å². The topological polar surface area (TPSA) is 70.2 Å². The first-order valence-corrected chi connectivity index (χ1v) is 4.17. The molecule has 0 aliphatic heterocycles. The molecule has 2 heterocycles. The first kappa shape index (κ1) is 7.25. The third-order valence-electron chi connectivity index (χ3n) is 2.10. The van der Waals surface area contributed by atoms with E-state index < -0.39 is 0 Å². The lowest BCUT2D eigenvalue weighted by atomic mass is 10.2. The van der Waals surface area contributed by atoms with Gasteiger partial charge in [-0.1, -0.05) is 18.2 Å². The molecule has 0 atom stereocenters. The standard InChI is InChI=1S/C9H6N5/c1-2-4-8-6(3-1)7(5-10-8)9-11-13-14-12-9/h1-4,10H,(H,11,12,13,14). The number of fused-ring (bicyclic) bond motifs is 1. The van der Waals surface area contributed by atoms with Crippen LogP contribution in [0, 0.1) is 6.20 Å². The average Bonchev–Trinajstić information content (AvgIpc) is 2.85. The van der Waals surface area contributed by atoms with Crippen molar-refractivity contribution in [2.75, 3.05) is 0 Å². The molecule has 0 fully saturated rings. The van der Waals surface area contributed by atoms with E-state index in [1.54, 1.807) is 0 Å². The maximum absolute atomic E-state index is 3.84. The second-order valence-electron chi connectivity index (χ2n) is 2.92. The van der Waals surface area contributed by atoms with E-state index in [0.29, 0.717) is 5.82 Å². The molecule has 1 aromatic carbocycles. The Morgan fingerprint density at radius 2 is 2.14 bits per heavy atom. The number of H-pyrrole nitrogens is 2. The summed E-state index contributed by atoms with van der Waals surface area (Å²) in [6.07, 6.45) is 3.02. The quantitative estimate of drug-likeness (QED) is 0.596. The molecular weight excluding hydrogens is 178 g/mol. The lowest BCUT2D eigenvalue weighted by Gasteiger charge is -1.90. The predicted octanol–water partition coefficient (Wildman–Crippen LogP) is 1.15. The Labute approximate surface area is 79.2 Å². The summed E-state index contributed by atoms with van der Waals surface area (Å²) >= 11 is 0. The summed E-state index contributed by atoms with van der Waals surface area (Å²) in [7, 11) is 0. The summed E-state index contributed by atoms with van der Waals surface area (Å²) < 4.78 is 0. The van der Waals surface area contributed by atoms with Gasteiger partial charge in [0.2, 0.25) is 0 Å². The van der Waals surface area contributed by atoms with E-state index in [4.69, 9.17) is 0 Å². The van der Waals surface area contributed by atoms with Crippen LogP contribution in [0.15, 0.2) is 24.3 Å². The first-order valence-electron chi connectivity index (χ1n) is 4.17. The Hall–Kier alpha value is -2.17. The van der Waals surface area contributed by atoms with Gasteiger partial charge in [-0.15, -0.1) is 5.10 Å². The van der Waals surface area contributed by atoms with E-state index in [2.05, 4.69) is 31.8 Å². The molecule has 0 spiro atoms. The lowest BCUT2D eigenvalue weighted by Crippen LogP contribution is -1.78. The van der Waals surface area contributed by atoms with E-state index >= 15 is 0 Å². The van der Waals surface area contributed by atoms with Gasteiger partial charge in [0.05, 0.1) is 11.8 Å². The Morgan fingerprint density at radius 3 is 3.00 bits per heavy atom. The largest absolute Gasteiger partial charge is 0.353 e. The molecular formula is C9H6N5. The van der Waals surface area contributed by atoms with Gasteiger partial charge >= 0.3 is 0 Å². The molecule has 67 valence electrons. The first-order chi connectivity index (χ1) is 6.95. The van der Waals surface area contributed by atoms with Crippen molar-refractivity contribution in [1.29, 1.82) is 0 Å². The van der Waals surface area contributed by atoms with E-state index in [9.17, 15) is 0 Å². The van der Waals surface area contributed by atoms with Crippen LogP contribution in [0.4, 0.5) is 0 Å². The van der Waals surface area contributed by atoms with Crippen molar-refractivity contribution in [2.45, 2.75) is 0 Å². The predicted molar refractivity (Wildman–Crippen MR) is 50.3 cm³/mol. The third kappa shape index (κ3) is 0.922. The fourth-order valence-corrected chi connectivity index (χ4v) is 1.46. The van der Waals surface area contributed by atoms with Gasteiger partial charge in [0.1, 0.15) is 0 Å². The Bertz CT molecular complexity index is 551. The fraction of sp³-hybridized carbons (Fsp3) is 0. The normalized spacial score (nSPS) is 10.9. The monoisotopic (exact) mass is 184 g/mol. The summed E-state index contributed by atoms with van der Waals surface area (Å²) in [6.45, 7) is 0. The van der Waals surface area contributed by atoms with Crippen molar-refractivity contribution in [3.05, 3.63) is 30.5 Å². The van der Waals surface area contributed by atoms with Crippen LogP contribution in [0.3, 0.4) is 0 Å². The molecule has 3 rings (SSSR count). The number of tetrazole rings is 1. The van der Waals surface area contributed by atoms with Gasteiger partial charge in [-0.3, -0.25) is 0 Å². The van der Waals surface area contributed by atoms with E-state index in [0.717, 1.165) is 16.5 Å². The molecule has 0 saturated carbocycles. The SMILES string of the molecule is [c]1[nH]c2ccccc2c1-c1nnn[nH]1. The maximum Gasteiger partial charge on any atom is 0.182 e. The van der Waals surface area contributed by atoms with Gasteiger partial charge in [0.25, 0.3) is 0 Å². The molecule has 0 amide bonds. The van der Waals surface area contributed by atoms with Crippen LogP contribution in [0.5, 0.6) is 0 Å². The number of aromatic amines is 2. The Balaban J connectivity index is 2.33. The number of nitrogens with one attached hydrogen (secondary N) is 2. The molecule has 2 N–H and O–H groups in total. The third-order valence-corrected chi connectivity index (χ3v) is 2.10. The number of para-hydroxylation sites is 1. The fourth-order valence-electron chi connectivity index (χ4n) is 1.46. The Morgan fingerprint density at radius 1 is 1.21 bits per heavy atom. The molecule has 5 heteroatoms. The van der Waals surface area contributed by atoms with Crippen LogP contribution >= 0.6 is 0 Å². The molecule has 0 aliphatic rings. The van der Waals surface area contributed by atoms with Gasteiger partial charge in [-0.2, -0.15) is 0 Å². The van der Waals surface area contributed by atoms with E-state index in [1.165, 1.54) is 0 Å². The molecule has 0 saturated heterocycles. The number of nitrogens with zero attached hydrogens (tertiary/aromatic N) is 3. The molecule has 0 bridgehead atoms. The highest BCUT2D eigenvalue weighted by Crippen LogP contribution is 2.23. The summed E-state index contributed by atoms with van der Waals surface area (Å²) in [4.78, 5) is 3.04. The highest BCUT2D eigenvalue weighted by atomic mass is 15.5. The van der Waals surface area contributed by atoms with Crippen molar-refractivity contribution in [1.82, 2.24) is 25.6 Å². The molecule has 2 aromatic heterocycles. The molecule has 1 radical (unpaired) electrons. The molecule has 0 aliphatic carbocycles. The van der Waals surface area contributed by atoms with Crippen LogP contribution in [0.25, 0.3) is 22.3 Å². The molecule has 5 nitrogen and oxygen atoms in total. The highest BCUT2D eigenvalue weighted by molar-refractivity contribution is 5.93.